The molecule has 1 aromatic carbocycles. The van der Waals surface area contributed by atoms with Crippen LogP contribution in [0.15, 0.2) is 42.6 Å². The maximum atomic E-state index is 12.3. The molecular formula is C19H18ClN3O2. The molecule has 1 fully saturated rings. The molecule has 0 aliphatic heterocycles. The average Bonchev–Trinajstić information content (AvgIpc) is 2.65. The van der Waals surface area contributed by atoms with Crippen molar-refractivity contribution in [1.29, 1.82) is 5.26 Å². The number of nitriles is 1. The number of nitrogens with zero attached hydrogens (tertiary/aromatic N) is 2. The Balaban J connectivity index is 1.47. The van der Waals surface area contributed by atoms with E-state index in [1.807, 2.05) is 6.07 Å². The standard InChI is InChI=1S/C19H18ClN3O2/c20-15-5-10-18(22-12-15)25-17-8-6-16(7-9-17)23-19(24)14-3-1-13(11-21)2-4-14/h1-5,10,12,16-17H,6-9H2,(H,23,24). The van der Waals surface area contributed by atoms with Crippen molar-refractivity contribution >= 4 is 17.5 Å². The number of rotatable bonds is 4. The number of ether oxygens (including phenoxy) is 1. The zero-order chi connectivity index (χ0) is 17.6. The van der Waals surface area contributed by atoms with Crippen molar-refractivity contribution in [2.75, 3.05) is 0 Å². The Kier molecular flexibility index (Phi) is 5.52. The summed E-state index contributed by atoms with van der Waals surface area (Å²) in [4.78, 5) is 16.4. The third kappa shape index (κ3) is 4.71. The van der Waals surface area contributed by atoms with Gasteiger partial charge in [0.05, 0.1) is 16.7 Å². The summed E-state index contributed by atoms with van der Waals surface area (Å²) in [5, 5.41) is 12.4. The Morgan fingerprint density at radius 2 is 1.88 bits per heavy atom. The lowest BCUT2D eigenvalue weighted by Gasteiger charge is -2.29. The van der Waals surface area contributed by atoms with Gasteiger partial charge in [0.2, 0.25) is 5.88 Å². The lowest BCUT2D eigenvalue weighted by atomic mass is 9.92. The van der Waals surface area contributed by atoms with Crippen molar-refractivity contribution in [2.24, 2.45) is 0 Å². The van der Waals surface area contributed by atoms with Crippen LogP contribution in [0.4, 0.5) is 0 Å². The molecule has 0 atom stereocenters. The van der Waals surface area contributed by atoms with Gasteiger partial charge in [-0.2, -0.15) is 5.26 Å². The van der Waals surface area contributed by atoms with E-state index >= 15 is 0 Å². The molecule has 2 aromatic rings. The van der Waals surface area contributed by atoms with Gasteiger partial charge in [-0.15, -0.1) is 0 Å². The second-order valence-electron chi connectivity index (χ2n) is 6.07. The number of carbonyl (C=O) groups is 1. The second kappa shape index (κ2) is 8.00. The minimum atomic E-state index is -0.103. The Morgan fingerprint density at radius 3 is 2.48 bits per heavy atom. The molecule has 0 saturated heterocycles. The van der Waals surface area contributed by atoms with Crippen molar-refractivity contribution in [3.63, 3.8) is 0 Å². The van der Waals surface area contributed by atoms with Crippen molar-refractivity contribution in [3.05, 3.63) is 58.7 Å². The van der Waals surface area contributed by atoms with Crippen LogP contribution in [0.5, 0.6) is 5.88 Å². The van der Waals surface area contributed by atoms with E-state index in [9.17, 15) is 4.79 Å². The Hall–Kier alpha value is -2.58. The second-order valence-corrected chi connectivity index (χ2v) is 6.51. The SMILES string of the molecule is N#Cc1ccc(C(=O)NC2CCC(Oc3ccc(Cl)cn3)CC2)cc1. The molecule has 0 bridgehead atoms. The number of nitrogens with one attached hydrogen (secondary N) is 1. The summed E-state index contributed by atoms with van der Waals surface area (Å²) in [5.74, 6) is 0.475. The molecule has 0 spiro atoms. The van der Waals surface area contributed by atoms with Gasteiger partial charge in [0.1, 0.15) is 6.10 Å². The number of halogens is 1. The quantitative estimate of drug-likeness (QED) is 0.906. The molecule has 1 saturated carbocycles. The first-order valence-electron chi connectivity index (χ1n) is 8.23. The van der Waals surface area contributed by atoms with E-state index in [0.717, 1.165) is 25.7 Å². The van der Waals surface area contributed by atoms with E-state index in [1.165, 1.54) is 0 Å². The maximum Gasteiger partial charge on any atom is 0.251 e. The minimum Gasteiger partial charge on any atom is -0.474 e. The summed E-state index contributed by atoms with van der Waals surface area (Å²) in [6.07, 6.45) is 5.13. The lowest BCUT2D eigenvalue weighted by Crippen LogP contribution is -2.39. The van der Waals surface area contributed by atoms with E-state index in [0.29, 0.717) is 22.0 Å². The van der Waals surface area contributed by atoms with Crippen LogP contribution in [0, 0.1) is 11.3 Å². The van der Waals surface area contributed by atoms with Gasteiger partial charge < -0.3 is 10.1 Å². The van der Waals surface area contributed by atoms with E-state index in [2.05, 4.69) is 10.3 Å². The van der Waals surface area contributed by atoms with Crippen molar-refractivity contribution in [2.45, 2.75) is 37.8 Å². The number of amides is 1. The van der Waals surface area contributed by atoms with Crippen LogP contribution < -0.4 is 10.1 Å². The Morgan fingerprint density at radius 1 is 1.16 bits per heavy atom. The minimum absolute atomic E-state index is 0.103. The van der Waals surface area contributed by atoms with E-state index < -0.39 is 0 Å². The van der Waals surface area contributed by atoms with E-state index in [-0.39, 0.29) is 18.1 Å². The third-order valence-electron chi connectivity index (χ3n) is 4.27. The third-order valence-corrected chi connectivity index (χ3v) is 4.50. The van der Waals surface area contributed by atoms with E-state index in [4.69, 9.17) is 21.6 Å². The number of hydrogen-bond acceptors (Lipinski definition) is 4. The van der Waals surface area contributed by atoms with Crippen molar-refractivity contribution in [3.8, 4) is 11.9 Å². The molecule has 5 nitrogen and oxygen atoms in total. The summed E-state index contributed by atoms with van der Waals surface area (Å²) in [6.45, 7) is 0. The number of pyridine rings is 1. The summed E-state index contributed by atoms with van der Waals surface area (Å²) in [5.41, 5.74) is 1.12. The number of benzene rings is 1. The van der Waals surface area contributed by atoms with Crippen LogP contribution in [0.2, 0.25) is 5.02 Å². The average molecular weight is 356 g/mol. The largest absolute Gasteiger partial charge is 0.474 e. The maximum absolute atomic E-state index is 12.3. The zero-order valence-electron chi connectivity index (χ0n) is 13.6. The normalized spacial score (nSPS) is 19.7. The van der Waals surface area contributed by atoms with Crippen LogP contribution in [0.3, 0.4) is 0 Å². The van der Waals surface area contributed by atoms with Gasteiger partial charge in [0, 0.05) is 23.9 Å². The molecular weight excluding hydrogens is 338 g/mol. The van der Waals surface area contributed by atoms with Crippen molar-refractivity contribution in [1.82, 2.24) is 10.3 Å². The van der Waals surface area contributed by atoms with Crippen molar-refractivity contribution < 1.29 is 9.53 Å². The molecule has 1 aliphatic carbocycles. The molecule has 6 heteroatoms. The van der Waals surface area contributed by atoms with Crippen LogP contribution in [0.1, 0.15) is 41.6 Å². The highest BCUT2D eigenvalue weighted by Crippen LogP contribution is 2.23. The summed E-state index contributed by atoms with van der Waals surface area (Å²) < 4.78 is 5.86. The molecule has 1 aliphatic rings. The molecule has 1 heterocycles. The lowest BCUT2D eigenvalue weighted by molar-refractivity contribution is 0.0890. The molecule has 1 aromatic heterocycles. The molecule has 1 N–H and O–H groups in total. The molecule has 25 heavy (non-hydrogen) atoms. The molecule has 0 unspecified atom stereocenters. The molecule has 1 amide bonds. The fraction of sp³-hybridized carbons (Fsp3) is 0.316. The first-order valence-corrected chi connectivity index (χ1v) is 8.61. The van der Waals surface area contributed by atoms with Gasteiger partial charge in [-0.1, -0.05) is 11.6 Å². The van der Waals surface area contributed by atoms with Gasteiger partial charge in [-0.3, -0.25) is 4.79 Å². The van der Waals surface area contributed by atoms with Crippen LogP contribution >= 0.6 is 11.6 Å². The van der Waals surface area contributed by atoms with Gasteiger partial charge in [0.15, 0.2) is 0 Å². The van der Waals surface area contributed by atoms with Crippen LogP contribution in [-0.2, 0) is 0 Å². The highest BCUT2D eigenvalue weighted by Gasteiger charge is 2.24. The molecule has 0 radical (unpaired) electrons. The molecule has 3 rings (SSSR count). The Labute approximate surface area is 151 Å². The number of carbonyl (C=O) groups excluding carboxylic acids is 1. The summed E-state index contributed by atoms with van der Waals surface area (Å²) >= 11 is 5.82. The van der Waals surface area contributed by atoms with Gasteiger partial charge in [-0.25, -0.2) is 4.98 Å². The number of aromatic nitrogens is 1. The van der Waals surface area contributed by atoms with Crippen LogP contribution in [-0.4, -0.2) is 23.0 Å². The predicted molar refractivity (Wildman–Crippen MR) is 94.5 cm³/mol. The topological polar surface area (TPSA) is 75.0 Å². The summed E-state index contributed by atoms with van der Waals surface area (Å²) in [7, 11) is 0. The van der Waals surface area contributed by atoms with Gasteiger partial charge in [0.25, 0.3) is 5.91 Å². The molecule has 128 valence electrons. The monoisotopic (exact) mass is 355 g/mol. The number of hydrogen-bond donors (Lipinski definition) is 1. The van der Waals surface area contributed by atoms with Crippen LogP contribution in [0.25, 0.3) is 0 Å². The Bertz CT molecular complexity index is 761. The zero-order valence-corrected chi connectivity index (χ0v) is 14.4. The fourth-order valence-electron chi connectivity index (χ4n) is 2.89. The van der Waals surface area contributed by atoms with Gasteiger partial charge >= 0.3 is 0 Å². The highest BCUT2D eigenvalue weighted by atomic mass is 35.5. The highest BCUT2D eigenvalue weighted by molar-refractivity contribution is 6.30. The fourth-order valence-corrected chi connectivity index (χ4v) is 3.00. The smallest absolute Gasteiger partial charge is 0.251 e. The predicted octanol–water partition coefficient (Wildman–Crippen LogP) is 3.73. The van der Waals surface area contributed by atoms with Gasteiger partial charge in [-0.05, 0) is 56.0 Å². The first kappa shape index (κ1) is 17.2. The summed E-state index contributed by atoms with van der Waals surface area (Å²) in [6, 6.07) is 12.4. The van der Waals surface area contributed by atoms with E-state index in [1.54, 1.807) is 42.6 Å². The first-order chi connectivity index (χ1) is 12.1.